The molecule has 0 fully saturated rings. The van der Waals surface area contributed by atoms with Crippen molar-refractivity contribution in [1.82, 2.24) is 14.9 Å². The van der Waals surface area contributed by atoms with Crippen molar-refractivity contribution in [3.05, 3.63) is 22.2 Å². The molecule has 98 valence electrons. The minimum Gasteiger partial charge on any atom is -0.444 e. The number of hydrogen-bond donors (Lipinski definition) is 0. The molecule has 0 bridgehead atoms. The highest BCUT2D eigenvalue weighted by Gasteiger charge is 2.30. The number of halogens is 1. The maximum Gasteiger partial charge on any atom is 0.410 e. The Morgan fingerprint density at radius 2 is 2.00 bits per heavy atom. The zero-order chi connectivity index (χ0) is 13.5. The molecular formula is C12H16ClN3O2. The highest BCUT2D eigenvalue weighted by molar-refractivity contribution is 6.30. The van der Waals surface area contributed by atoms with Crippen molar-refractivity contribution in [3.63, 3.8) is 0 Å². The number of fused-ring (bicyclic) bond motifs is 1. The summed E-state index contributed by atoms with van der Waals surface area (Å²) in [5, 5.41) is 0.420. The van der Waals surface area contributed by atoms with Crippen molar-refractivity contribution < 1.29 is 9.53 Å². The van der Waals surface area contributed by atoms with E-state index in [1.165, 1.54) is 0 Å². The van der Waals surface area contributed by atoms with Gasteiger partial charge in [-0.3, -0.25) is 4.90 Å². The van der Waals surface area contributed by atoms with Crippen molar-refractivity contribution in [1.29, 1.82) is 0 Å². The van der Waals surface area contributed by atoms with E-state index >= 15 is 0 Å². The number of aryl methyl sites for hydroxylation is 1. The molecule has 2 rings (SSSR count). The normalized spacial score (nSPS) is 14.6. The second-order valence-corrected chi connectivity index (χ2v) is 5.68. The van der Waals surface area contributed by atoms with Gasteiger partial charge in [-0.25, -0.2) is 14.8 Å². The minimum absolute atomic E-state index is 0.353. The Kier molecular flexibility index (Phi) is 3.19. The monoisotopic (exact) mass is 269 g/mol. The fourth-order valence-corrected chi connectivity index (χ4v) is 2.08. The van der Waals surface area contributed by atoms with Crippen LogP contribution in [-0.4, -0.2) is 26.6 Å². The maximum absolute atomic E-state index is 11.9. The number of aromatic nitrogens is 2. The number of carbonyl (C=O) groups is 1. The van der Waals surface area contributed by atoms with Crippen LogP contribution >= 0.6 is 11.6 Å². The first-order valence-electron chi connectivity index (χ1n) is 5.76. The predicted octanol–water partition coefficient (Wildman–Crippen LogP) is 2.69. The van der Waals surface area contributed by atoms with Crippen molar-refractivity contribution in [2.45, 2.75) is 46.4 Å². The highest BCUT2D eigenvalue weighted by atomic mass is 35.5. The number of carbonyl (C=O) groups excluding carboxylic acids is 1. The SMILES string of the molecule is Cc1nc(Cl)c2c(n1)CN(C(=O)OC(C)(C)C)C2. The Morgan fingerprint density at radius 3 is 2.61 bits per heavy atom. The van der Waals surface area contributed by atoms with Crippen LogP contribution in [-0.2, 0) is 17.8 Å². The lowest BCUT2D eigenvalue weighted by Gasteiger charge is -2.23. The van der Waals surface area contributed by atoms with E-state index < -0.39 is 5.60 Å². The molecule has 0 aliphatic carbocycles. The van der Waals surface area contributed by atoms with Gasteiger partial charge in [-0.05, 0) is 27.7 Å². The second-order valence-electron chi connectivity index (χ2n) is 5.32. The van der Waals surface area contributed by atoms with Gasteiger partial charge in [0.2, 0.25) is 0 Å². The van der Waals surface area contributed by atoms with Gasteiger partial charge in [-0.15, -0.1) is 0 Å². The predicted molar refractivity (Wildman–Crippen MR) is 67.3 cm³/mol. The lowest BCUT2D eigenvalue weighted by molar-refractivity contribution is 0.0240. The number of ether oxygens (including phenoxy) is 1. The quantitative estimate of drug-likeness (QED) is 0.680. The molecule has 18 heavy (non-hydrogen) atoms. The van der Waals surface area contributed by atoms with Gasteiger partial charge < -0.3 is 4.74 Å². The number of rotatable bonds is 0. The second kappa shape index (κ2) is 4.39. The Hall–Kier alpha value is -1.36. The summed E-state index contributed by atoms with van der Waals surface area (Å²) in [5.41, 5.74) is 1.11. The summed E-state index contributed by atoms with van der Waals surface area (Å²) in [6.07, 6.45) is -0.353. The average molecular weight is 270 g/mol. The zero-order valence-corrected chi connectivity index (χ0v) is 11.7. The first kappa shape index (κ1) is 13.1. The van der Waals surface area contributed by atoms with Gasteiger partial charge >= 0.3 is 6.09 Å². The van der Waals surface area contributed by atoms with Crippen molar-refractivity contribution in [2.75, 3.05) is 0 Å². The van der Waals surface area contributed by atoms with E-state index in [0.717, 1.165) is 11.3 Å². The first-order chi connectivity index (χ1) is 8.26. The summed E-state index contributed by atoms with van der Waals surface area (Å²) < 4.78 is 5.32. The molecule has 0 unspecified atom stereocenters. The van der Waals surface area contributed by atoms with Crippen LogP contribution in [0.5, 0.6) is 0 Å². The Morgan fingerprint density at radius 1 is 1.33 bits per heavy atom. The summed E-state index contributed by atoms with van der Waals surface area (Å²) in [4.78, 5) is 21.9. The first-order valence-corrected chi connectivity index (χ1v) is 6.14. The summed E-state index contributed by atoms with van der Waals surface area (Å²) in [6, 6.07) is 0. The molecule has 0 aromatic carbocycles. The van der Waals surface area contributed by atoms with Gasteiger partial charge in [-0.2, -0.15) is 0 Å². The standard InChI is InChI=1S/C12H16ClN3O2/c1-7-14-9-6-16(5-8(9)10(13)15-7)11(17)18-12(2,3)4/h5-6H2,1-4H3. The highest BCUT2D eigenvalue weighted by Crippen LogP contribution is 2.27. The van der Waals surface area contributed by atoms with Crippen molar-refractivity contribution >= 4 is 17.7 Å². The number of nitrogens with zero attached hydrogens (tertiary/aromatic N) is 3. The van der Waals surface area contributed by atoms with Crippen LogP contribution in [0.4, 0.5) is 4.79 Å². The molecule has 0 N–H and O–H groups in total. The van der Waals surface area contributed by atoms with Crippen LogP contribution in [0.3, 0.4) is 0 Å². The van der Waals surface area contributed by atoms with E-state index in [9.17, 15) is 4.79 Å². The molecule has 1 aliphatic heterocycles. The molecular weight excluding hydrogens is 254 g/mol. The minimum atomic E-state index is -0.503. The van der Waals surface area contributed by atoms with Gasteiger partial charge in [0.15, 0.2) is 0 Å². The molecule has 0 radical (unpaired) electrons. The topological polar surface area (TPSA) is 55.3 Å². The molecule has 0 spiro atoms. The van der Waals surface area contributed by atoms with E-state index in [2.05, 4.69) is 9.97 Å². The molecule has 0 saturated carbocycles. The van der Waals surface area contributed by atoms with Gasteiger partial charge in [0.1, 0.15) is 16.6 Å². The third-order valence-corrected chi connectivity index (χ3v) is 2.81. The molecule has 6 heteroatoms. The van der Waals surface area contributed by atoms with E-state index in [-0.39, 0.29) is 6.09 Å². The van der Waals surface area contributed by atoms with Crippen LogP contribution in [0.1, 0.15) is 37.9 Å². The van der Waals surface area contributed by atoms with Crippen LogP contribution in [0, 0.1) is 6.92 Å². The third-order valence-electron chi connectivity index (χ3n) is 2.50. The van der Waals surface area contributed by atoms with E-state index in [4.69, 9.17) is 16.3 Å². The molecule has 1 aromatic heterocycles. The van der Waals surface area contributed by atoms with E-state index in [0.29, 0.717) is 24.1 Å². The van der Waals surface area contributed by atoms with Crippen LogP contribution < -0.4 is 0 Å². The largest absolute Gasteiger partial charge is 0.444 e. The molecule has 0 atom stereocenters. The smallest absolute Gasteiger partial charge is 0.410 e. The Balaban J connectivity index is 2.15. The fraction of sp³-hybridized carbons (Fsp3) is 0.583. The van der Waals surface area contributed by atoms with Gasteiger partial charge in [-0.1, -0.05) is 11.6 Å². The van der Waals surface area contributed by atoms with Gasteiger partial charge in [0, 0.05) is 5.56 Å². The maximum atomic E-state index is 11.9. The van der Waals surface area contributed by atoms with E-state index in [1.807, 2.05) is 20.8 Å². The molecule has 0 saturated heterocycles. The number of hydrogen-bond acceptors (Lipinski definition) is 4. The van der Waals surface area contributed by atoms with Gasteiger partial charge in [0.25, 0.3) is 0 Å². The number of amides is 1. The third kappa shape index (κ3) is 2.72. The van der Waals surface area contributed by atoms with Crippen LogP contribution in [0.2, 0.25) is 5.15 Å². The van der Waals surface area contributed by atoms with E-state index in [1.54, 1.807) is 11.8 Å². The Bertz CT molecular complexity index is 497. The Labute approximate surface area is 111 Å². The zero-order valence-electron chi connectivity index (χ0n) is 11.0. The summed E-state index contributed by atoms with van der Waals surface area (Å²) in [6.45, 7) is 8.13. The summed E-state index contributed by atoms with van der Waals surface area (Å²) in [7, 11) is 0. The summed E-state index contributed by atoms with van der Waals surface area (Å²) >= 11 is 6.05. The lowest BCUT2D eigenvalue weighted by Crippen LogP contribution is -2.33. The van der Waals surface area contributed by atoms with Crippen LogP contribution in [0.15, 0.2) is 0 Å². The lowest BCUT2D eigenvalue weighted by atomic mass is 10.2. The average Bonchev–Trinajstić information content (AvgIpc) is 2.58. The van der Waals surface area contributed by atoms with Gasteiger partial charge in [0.05, 0.1) is 18.8 Å². The molecule has 5 nitrogen and oxygen atoms in total. The molecule has 1 aliphatic rings. The molecule has 1 aromatic rings. The summed E-state index contributed by atoms with van der Waals surface area (Å²) in [5.74, 6) is 0.616. The van der Waals surface area contributed by atoms with Crippen LogP contribution in [0.25, 0.3) is 0 Å². The fourth-order valence-electron chi connectivity index (χ4n) is 1.79. The van der Waals surface area contributed by atoms with Crippen molar-refractivity contribution in [2.24, 2.45) is 0 Å². The molecule has 2 heterocycles. The molecule has 1 amide bonds. The van der Waals surface area contributed by atoms with Crippen molar-refractivity contribution in [3.8, 4) is 0 Å².